The van der Waals surface area contributed by atoms with Crippen molar-refractivity contribution >= 4 is 5.91 Å². The maximum atomic E-state index is 11.5. The van der Waals surface area contributed by atoms with Gasteiger partial charge in [-0.2, -0.15) is 0 Å². The highest BCUT2D eigenvalue weighted by Crippen LogP contribution is 2.32. The lowest BCUT2D eigenvalue weighted by Crippen LogP contribution is -2.38. The third kappa shape index (κ3) is 2.98. The lowest BCUT2D eigenvalue weighted by Gasteiger charge is -2.34. The van der Waals surface area contributed by atoms with Crippen LogP contribution in [0.3, 0.4) is 0 Å². The summed E-state index contributed by atoms with van der Waals surface area (Å²) < 4.78 is 7.91. The van der Waals surface area contributed by atoms with Crippen molar-refractivity contribution in [1.82, 2.24) is 14.5 Å². The lowest BCUT2D eigenvalue weighted by molar-refractivity contribution is -0.130. The van der Waals surface area contributed by atoms with Gasteiger partial charge in [0.05, 0.1) is 0 Å². The minimum atomic E-state index is 0.195. The number of hydrogen-bond donors (Lipinski definition) is 0. The third-order valence-electron chi connectivity index (χ3n) is 4.87. The minimum Gasteiger partial charge on any atom is -0.381 e. The van der Waals surface area contributed by atoms with Gasteiger partial charge < -0.3 is 14.2 Å². The molecule has 0 atom stereocenters. The summed E-state index contributed by atoms with van der Waals surface area (Å²) in [6.45, 7) is 7.23. The molecular formula is C16H25N3O2. The SMILES string of the molecule is CC(=O)N1CCC(n2c(C)cnc2C2CCOCC2)CC1. The van der Waals surface area contributed by atoms with Gasteiger partial charge >= 0.3 is 0 Å². The van der Waals surface area contributed by atoms with Crippen molar-refractivity contribution < 1.29 is 9.53 Å². The number of aromatic nitrogens is 2. The van der Waals surface area contributed by atoms with Crippen LogP contribution in [0.2, 0.25) is 0 Å². The fourth-order valence-electron chi connectivity index (χ4n) is 3.64. The molecule has 0 bridgehead atoms. The van der Waals surface area contributed by atoms with Crippen molar-refractivity contribution in [1.29, 1.82) is 0 Å². The van der Waals surface area contributed by atoms with Crippen LogP contribution in [0.1, 0.15) is 56.1 Å². The summed E-state index contributed by atoms with van der Waals surface area (Å²) in [6.07, 6.45) is 6.22. The second-order valence-corrected chi connectivity index (χ2v) is 6.25. The Morgan fingerprint density at radius 2 is 1.90 bits per heavy atom. The van der Waals surface area contributed by atoms with E-state index in [4.69, 9.17) is 9.72 Å². The number of piperidine rings is 1. The van der Waals surface area contributed by atoms with Crippen molar-refractivity contribution in [3.05, 3.63) is 17.7 Å². The first-order valence-electron chi connectivity index (χ1n) is 8.04. The summed E-state index contributed by atoms with van der Waals surface area (Å²) in [4.78, 5) is 18.1. The molecule has 0 radical (unpaired) electrons. The number of likely N-dealkylation sites (tertiary alicyclic amines) is 1. The summed E-state index contributed by atoms with van der Waals surface area (Å²) >= 11 is 0. The van der Waals surface area contributed by atoms with E-state index in [1.807, 2.05) is 11.1 Å². The van der Waals surface area contributed by atoms with E-state index < -0.39 is 0 Å². The molecule has 5 nitrogen and oxygen atoms in total. The second-order valence-electron chi connectivity index (χ2n) is 6.25. The number of carbonyl (C=O) groups is 1. The Morgan fingerprint density at radius 3 is 2.52 bits per heavy atom. The van der Waals surface area contributed by atoms with Crippen LogP contribution in [-0.2, 0) is 9.53 Å². The Balaban J connectivity index is 1.76. The molecule has 0 saturated carbocycles. The Labute approximate surface area is 126 Å². The molecule has 1 aromatic rings. The van der Waals surface area contributed by atoms with Gasteiger partial charge in [0, 0.05) is 57.1 Å². The standard InChI is InChI=1S/C16H25N3O2/c1-12-11-17-16(14-5-9-21-10-6-14)19(12)15-3-7-18(8-4-15)13(2)20/h11,14-15H,3-10H2,1-2H3. The summed E-state index contributed by atoms with van der Waals surface area (Å²) in [6, 6.07) is 0.487. The van der Waals surface area contributed by atoms with Crippen LogP contribution in [0, 0.1) is 6.92 Å². The van der Waals surface area contributed by atoms with Crippen molar-refractivity contribution in [2.24, 2.45) is 0 Å². The largest absolute Gasteiger partial charge is 0.381 e. The fraction of sp³-hybridized carbons (Fsp3) is 0.750. The van der Waals surface area contributed by atoms with Crippen molar-refractivity contribution in [3.63, 3.8) is 0 Å². The van der Waals surface area contributed by atoms with E-state index in [1.54, 1.807) is 6.92 Å². The minimum absolute atomic E-state index is 0.195. The van der Waals surface area contributed by atoms with Crippen LogP contribution < -0.4 is 0 Å². The first-order valence-corrected chi connectivity index (χ1v) is 8.04. The van der Waals surface area contributed by atoms with Crippen LogP contribution in [0.4, 0.5) is 0 Å². The van der Waals surface area contributed by atoms with Crippen molar-refractivity contribution in [2.45, 2.75) is 51.5 Å². The van der Waals surface area contributed by atoms with Crippen LogP contribution in [0.25, 0.3) is 0 Å². The number of ether oxygens (including phenoxy) is 1. The Bertz CT molecular complexity index is 498. The highest BCUT2D eigenvalue weighted by molar-refractivity contribution is 5.73. The molecule has 116 valence electrons. The predicted octanol–water partition coefficient (Wildman–Crippen LogP) is 2.27. The monoisotopic (exact) mass is 291 g/mol. The van der Waals surface area contributed by atoms with Crippen molar-refractivity contribution in [2.75, 3.05) is 26.3 Å². The lowest BCUT2D eigenvalue weighted by atomic mass is 9.97. The molecule has 21 heavy (non-hydrogen) atoms. The van der Waals surface area contributed by atoms with Gasteiger partial charge in [-0.05, 0) is 32.6 Å². The molecule has 5 heteroatoms. The normalized spacial score (nSPS) is 21.7. The first-order chi connectivity index (χ1) is 10.2. The highest BCUT2D eigenvalue weighted by Gasteiger charge is 2.28. The zero-order valence-electron chi connectivity index (χ0n) is 13.0. The molecule has 0 spiro atoms. The van der Waals surface area contributed by atoms with Crippen LogP contribution in [0.15, 0.2) is 6.20 Å². The zero-order valence-corrected chi connectivity index (χ0v) is 13.0. The van der Waals surface area contributed by atoms with Gasteiger partial charge in [-0.1, -0.05) is 0 Å². The zero-order chi connectivity index (χ0) is 14.8. The number of rotatable bonds is 2. The number of imidazole rings is 1. The van der Waals surface area contributed by atoms with E-state index in [2.05, 4.69) is 11.5 Å². The number of hydrogen-bond acceptors (Lipinski definition) is 3. The van der Waals surface area contributed by atoms with E-state index in [0.717, 1.165) is 52.0 Å². The van der Waals surface area contributed by atoms with Gasteiger partial charge in [0.2, 0.25) is 5.91 Å². The summed E-state index contributed by atoms with van der Waals surface area (Å²) in [7, 11) is 0. The molecule has 2 fully saturated rings. The molecule has 0 N–H and O–H groups in total. The Hall–Kier alpha value is -1.36. The molecule has 0 unspecified atom stereocenters. The first kappa shape index (κ1) is 14.6. The predicted molar refractivity (Wildman–Crippen MR) is 80.3 cm³/mol. The third-order valence-corrected chi connectivity index (χ3v) is 4.87. The van der Waals surface area contributed by atoms with Crippen LogP contribution in [-0.4, -0.2) is 46.7 Å². The molecule has 3 heterocycles. The topological polar surface area (TPSA) is 47.4 Å². The molecule has 0 aliphatic carbocycles. The van der Waals surface area contributed by atoms with E-state index >= 15 is 0 Å². The quantitative estimate of drug-likeness (QED) is 0.840. The van der Waals surface area contributed by atoms with Gasteiger partial charge in [0.1, 0.15) is 5.82 Å². The summed E-state index contributed by atoms with van der Waals surface area (Å²) in [5.41, 5.74) is 1.25. The van der Waals surface area contributed by atoms with Crippen LogP contribution >= 0.6 is 0 Å². The maximum absolute atomic E-state index is 11.5. The van der Waals surface area contributed by atoms with E-state index in [-0.39, 0.29) is 5.91 Å². The summed E-state index contributed by atoms with van der Waals surface area (Å²) in [5.74, 6) is 1.95. The molecule has 2 saturated heterocycles. The number of aryl methyl sites for hydroxylation is 1. The van der Waals surface area contributed by atoms with E-state index in [1.165, 1.54) is 11.5 Å². The van der Waals surface area contributed by atoms with Gasteiger partial charge in [0.15, 0.2) is 0 Å². The average molecular weight is 291 g/mol. The van der Waals surface area contributed by atoms with Gasteiger partial charge in [-0.3, -0.25) is 4.79 Å². The highest BCUT2D eigenvalue weighted by atomic mass is 16.5. The van der Waals surface area contributed by atoms with Gasteiger partial charge in [-0.15, -0.1) is 0 Å². The molecule has 0 aromatic carbocycles. The number of nitrogens with zero attached hydrogens (tertiary/aromatic N) is 3. The molecule has 2 aliphatic heterocycles. The molecular weight excluding hydrogens is 266 g/mol. The van der Waals surface area contributed by atoms with Crippen molar-refractivity contribution in [3.8, 4) is 0 Å². The number of carbonyl (C=O) groups excluding carboxylic acids is 1. The van der Waals surface area contributed by atoms with Gasteiger partial charge in [-0.25, -0.2) is 4.98 Å². The second kappa shape index (κ2) is 6.18. The molecule has 1 aromatic heterocycles. The Kier molecular flexibility index (Phi) is 4.29. The smallest absolute Gasteiger partial charge is 0.219 e. The molecule has 1 amide bonds. The van der Waals surface area contributed by atoms with Crippen LogP contribution in [0.5, 0.6) is 0 Å². The fourth-order valence-corrected chi connectivity index (χ4v) is 3.64. The molecule has 2 aliphatic rings. The average Bonchev–Trinajstić information content (AvgIpc) is 2.90. The van der Waals surface area contributed by atoms with E-state index in [0.29, 0.717) is 12.0 Å². The van der Waals surface area contributed by atoms with E-state index in [9.17, 15) is 4.79 Å². The van der Waals surface area contributed by atoms with Gasteiger partial charge in [0.25, 0.3) is 0 Å². The number of amides is 1. The Morgan fingerprint density at radius 1 is 1.24 bits per heavy atom. The summed E-state index contributed by atoms with van der Waals surface area (Å²) in [5, 5.41) is 0. The molecule has 3 rings (SSSR count). The maximum Gasteiger partial charge on any atom is 0.219 e.